The van der Waals surface area contributed by atoms with Crippen molar-refractivity contribution in [2.75, 3.05) is 77.6 Å². The number of rotatable bonds is 9. The van der Waals surface area contributed by atoms with Crippen molar-refractivity contribution in [3.8, 4) is 0 Å². The number of nitrogens with two attached hydrogens (primary N) is 1. The lowest BCUT2D eigenvalue weighted by atomic mass is 10.3. The van der Waals surface area contributed by atoms with Gasteiger partial charge in [-0.2, -0.15) is 13.2 Å². The quantitative estimate of drug-likeness (QED) is 0.431. The zero-order valence-corrected chi connectivity index (χ0v) is 21.9. The van der Waals surface area contributed by atoms with Crippen molar-refractivity contribution in [2.24, 2.45) is 5.14 Å². The average molecular weight is 561 g/mol. The maximum Gasteiger partial charge on any atom is 0.501 e. The first-order valence-corrected chi connectivity index (χ1v) is 14.7. The summed E-state index contributed by atoms with van der Waals surface area (Å²) in [7, 11) is -10.1. The number of hydrogen-bond donors (Lipinski definition) is 2. The van der Waals surface area contributed by atoms with Crippen molar-refractivity contribution in [1.82, 2.24) is 9.80 Å². The van der Waals surface area contributed by atoms with Gasteiger partial charge in [-0.25, -0.2) is 22.0 Å². The van der Waals surface area contributed by atoms with Crippen LogP contribution >= 0.6 is 0 Å². The molecular weight excluding hydrogens is 525 g/mol. The Balaban J connectivity index is 0.000000425. The third-order valence-electron chi connectivity index (χ3n) is 5.59. The Labute approximate surface area is 210 Å². The van der Waals surface area contributed by atoms with Gasteiger partial charge in [0.15, 0.2) is 0 Å². The van der Waals surface area contributed by atoms with Crippen LogP contribution in [0.15, 0.2) is 28.0 Å². The molecular formula is C21H35F3N4O6S2. The number of benzene rings is 1. The molecule has 1 aromatic carbocycles. The van der Waals surface area contributed by atoms with E-state index in [0.717, 1.165) is 51.5 Å². The Hall–Kier alpha value is -1.49. The average Bonchev–Trinajstić information content (AvgIpc) is 2.82. The van der Waals surface area contributed by atoms with Crippen LogP contribution in [0, 0.1) is 0 Å². The minimum atomic E-state index is -5.76. The largest absolute Gasteiger partial charge is 0.501 e. The van der Waals surface area contributed by atoms with E-state index < -0.39 is 35.2 Å². The fourth-order valence-corrected chi connectivity index (χ4v) is 5.24. The highest BCUT2D eigenvalue weighted by Crippen LogP contribution is 2.35. The first-order valence-electron chi connectivity index (χ1n) is 11.7. The molecule has 0 saturated carbocycles. The number of sulfonamides is 1. The molecule has 10 nitrogen and oxygen atoms in total. The van der Waals surface area contributed by atoms with Crippen LogP contribution in [0.4, 0.5) is 18.9 Å². The van der Waals surface area contributed by atoms with Gasteiger partial charge in [0.05, 0.1) is 37.0 Å². The molecule has 2 aliphatic heterocycles. The summed E-state index contributed by atoms with van der Waals surface area (Å²) in [4.78, 5) is 2.67. The van der Waals surface area contributed by atoms with E-state index in [2.05, 4.69) is 22.0 Å². The van der Waals surface area contributed by atoms with Gasteiger partial charge in [-0.1, -0.05) is 6.92 Å². The molecule has 208 valence electrons. The van der Waals surface area contributed by atoms with E-state index in [1.54, 1.807) is 0 Å². The SMILES string of the molecule is CCCN1CCOCC1.NS(=O)(=O)c1ccc(NCCCN2CCOCC2)c(S(=O)(=O)C(F)(F)F)c1. The second-order valence-electron chi connectivity index (χ2n) is 8.34. The van der Waals surface area contributed by atoms with Crippen LogP contribution in [-0.4, -0.2) is 104 Å². The van der Waals surface area contributed by atoms with Crippen molar-refractivity contribution in [3.05, 3.63) is 18.2 Å². The number of sulfone groups is 1. The third-order valence-corrected chi connectivity index (χ3v) is 8.03. The standard InChI is InChI=1S/C14H20F3N3O5S2.C7H15NO/c15-14(16,17)26(21,22)13-10-11(27(18,23)24)2-3-12(13)19-4-1-5-20-6-8-25-9-7-20;1-2-3-8-4-6-9-7-5-8/h2-3,10,19H,1,4-9H2,(H2,18,23,24);2-7H2,1H3. The Morgan fingerprint density at radius 2 is 1.47 bits per heavy atom. The molecule has 0 aromatic heterocycles. The number of primary sulfonamides is 1. The minimum Gasteiger partial charge on any atom is -0.384 e. The first-order chi connectivity index (χ1) is 16.9. The Morgan fingerprint density at radius 3 is 1.94 bits per heavy atom. The molecule has 2 fully saturated rings. The van der Waals surface area contributed by atoms with Gasteiger partial charge in [-0.15, -0.1) is 0 Å². The van der Waals surface area contributed by atoms with Crippen molar-refractivity contribution < 1.29 is 39.5 Å². The Morgan fingerprint density at radius 1 is 0.944 bits per heavy atom. The molecule has 3 rings (SSSR count). The van der Waals surface area contributed by atoms with Gasteiger partial charge >= 0.3 is 5.51 Å². The summed E-state index contributed by atoms with van der Waals surface area (Å²) in [5, 5.41) is 7.53. The van der Waals surface area contributed by atoms with Crippen molar-refractivity contribution >= 4 is 25.5 Å². The zero-order valence-electron chi connectivity index (χ0n) is 20.3. The predicted octanol–water partition coefficient (Wildman–Crippen LogP) is 1.49. The summed E-state index contributed by atoms with van der Waals surface area (Å²) in [6.45, 7) is 11.2. The van der Waals surface area contributed by atoms with E-state index in [-0.39, 0.29) is 12.2 Å². The molecule has 0 amide bonds. The van der Waals surface area contributed by atoms with Gasteiger partial charge in [0.2, 0.25) is 10.0 Å². The third kappa shape index (κ3) is 9.43. The molecule has 1 aromatic rings. The van der Waals surface area contributed by atoms with Gasteiger partial charge in [-0.3, -0.25) is 9.80 Å². The monoisotopic (exact) mass is 560 g/mol. The van der Waals surface area contributed by atoms with Crippen molar-refractivity contribution in [1.29, 1.82) is 0 Å². The molecule has 3 N–H and O–H groups in total. The molecule has 2 heterocycles. The van der Waals surface area contributed by atoms with E-state index in [9.17, 15) is 30.0 Å². The topological polar surface area (TPSA) is 131 Å². The normalized spacial score (nSPS) is 18.4. The molecule has 2 aliphatic rings. The summed E-state index contributed by atoms with van der Waals surface area (Å²) in [5.41, 5.74) is -5.91. The number of nitrogens with zero attached hydrogens (tertiary/aromatic N) is 2. The molecule has 0 spiro atoms. The number of nitrogens with one attached hydrogen (secondary N) is 1. The zero-order chi connectivity index (χ0) is 26.8. The van der Waals surface area contributed by atoms with Gasteiger partial charge in [-0.05, 0) is 44.1 Å². The molecule has 0 bridgehead atoms. The molecule has 0 radical (unpaired) electrons. The number of hydrogen-bond acceptors (Lipinski definition) is 9. The van der Waals surface area contributed by atoms with Crippen LogP contribution in [0.3, 0.4) is 0 Å². The van der Waals surface area contributed by atoms with Gasteiger partial charge < -0.3 is 14.8 Å². The second-order valence-corrected chi connectivity index (χ2v) is 11.8. The highest BCUT2D eigenvalue weighted by Gasteiger charge is 2.48. The van der Waals surface area contributed by atoms with Crippen LogP contribution in [0.1, 0.15) is 19.8 Å². The van der Waals surface area contributed by atoms with E-state index in [0.29, 0.717) is 32.2 Å². The van der Waals surface area contributed by atoms with E-state index in [1.807, 2.05) is 0 Å². The number of halogens is 3. The van der Waals surface area contributed by atoms with Crippen molar-refractivity contribution in [2.45, 2.75) is 35.1 Å². The van der Waals surface area contributed by atoms with Crippen LogP contribution in [0.5, 0.6) is 0 Å². The second kappa shape index (κ2) is 13.9. The Bertz CT molecular complexity index is 1020. The molecule has 36 heavy (non-hydrogen) atoms. The fourth-order valence-electron chi connectivity index (χ4n) is 3.66. The number of ether oxygens (including phenoxy) is 2. The lowest BCUT2D eigenvalue weighted by Gasteiger charge is -2.26. The van der Waals surface area contributed by atoms with E-state index >= 15 is 0 Å². The number of alkyl halides is 3. The molecule has 0 aliphatic carbocycles. The van der Waals surface area contributed by atoms with Crippen LogP contribution in [-0.2, 0) is 29.3 Å². The first kappa shape index (κ1) is 30.7. The van der Waals surface area contributed by atoms with Crippen LogP contribution in [0.2, 0.25) is 0 Å². The predicted molar refractivity (Wildman–Crippen MR) is 129 cm³/mol. The van der Waals surface area contributed by atoms with Gasteiger partial charge in [0.25, 0.3) is 9.84 Å². The summed E-state index contributed by atoms with van der Waals surface area (Å²) >= 11 is 0. The number of morpholine rings is 2. The molecule has 2 saturated heterocycles. The van der Waals surface area contributed by atoms with Gasteiger partial charge in [0.1, 0.15) is 4.90 Å². The number of anilines is 1. The fraction of sp³-hybridized carbons (Fsp3) is 0.714. The lowest BCUT2D eigenvalue weighted by Crippen LogP contribution is -2.37. The van der Waals surface area contributed by atoms with E-state index in [4.69, 9.17) is 14.6 Å². The summed E-state index contributed by atoms with van der Waals surface area (Å²) in [6, 6.07) is 2.34. The highest BCUT2D eigenvalue weighted by atomic mass is 32.2. The van der Waals surface area contributed by atoms with Crippen molar-refractivity contribution in [3.63, 3.8) is 0 Å². The smallest absolute Gasteiger partial charge is 0.384 e. The molecule has 0 unspecified atom stereocenters. The molecule has 15 heteroatoms. The maximum atomic E-state index is 12.9. The molecule has 0 atom stereocenters. The highest BCUT2D eigenvalue weighted by molar-refractivity contribution is 7.92. The van der Waals surface area contributed by atoms with Crippen LogP contribution in [0.25, 0.3) is 0 Å². The van der Waals surface area contributed by atoms with Crippen LogP contribution < -0.4 is 10.5 Å². The summed E-state index contributed by atoms with van der Waals surface area (Å²) in [6.07, 6.45) is 1.81. The maximum absolute atomic E-state index is 12.9. The minimum absolute atomic E-state index is 0.201. The Kier molecular flexibility index (Phi) is 11.9. The van der Waals surface area contributed by atoms with E-state index in [1.165, 1.54) is 13.0 Å². The summed E-state index contributed by atoms with van der Waals surface area (Å²) in [5.74, 6) is 0. The van der Waals surface area contributed by atoms with Gasteiger partial charge in [0, 0.05) is 32.7 Å². The summed E-state index contributed by atoms with van der Waals surface area (Å²) < 4.78 is 95.6. The lowest BCUT2D eigenvalue weighted by molar-refractivity contribution is -0.0435.